The van der Waals surface area contributed by atoms with Crippen LogP contribution in [0.3, 0.4) is 0 Å². The molecule has 2 aromatic rings. The number of carbonyl (C=O) groups excluding carboxylic acids is 2. The molecule has 0 radical (unpaired) electrons. The average molecular weight is 339 g/mol. The molecule has 0 saturated carbocycles. The Morgan fingerprint density at radius 3 is 2.56 bits per heavy atom. The maximum Gasteiger partial charge on any atom is 0.240 e. The lowest BCUT2D eigenvalue weighted by atomic mass is 10.1. The first-order valence-corrected chi connectivity index (χ1v) is 7.92. The zero-order valence-electron chi connectivity index (χ0n) is 14.2. The normalized spacial score (nSPS) is 10.6. The van der Waals surface area contributed by atoms with E-state index in [2.05, 4.69) is 15.8 Å². The van der Waals surface area contributed by atoms with E-state index in [-0.39, 0.29) is 30.4 Å². The fourth-order valence-corrected chi connectivity index (χ4v) is 2.23. The van der Waals surface area contributed by atoms with Crippen molar-refractivity contribution in [1.82, 2.24) is 5.43 Å². The lowest BCUT2D eigenvalue weighted by molar-refractivity contribution is -0.124. The van der Waals surface area contributed by atoms with Gasteiger partial charge in [0.2, 0.25) is 11.8 Å². The highest BCUT2D eigenvalue weighted by atomic mass is 16.3. The van der Waals surface area contributed by atoms with Crippen molar-refractivity contribution in [2.45, 2.75) is 26.7 Å². The predicted molar refractivity (Wildman–Crippen MR) is 97.6 cm³/mol. The van der Waals surface area contributed by atoms with Gasteiger partial charge in [-0.25, -0.2) is 5.43 Å². The molecule has 0 spiro atoms. The summed E-state index contributed by atoms with van der Waals surface area (Å²) in [6, 6.07) is 12.2. The number of phenols is 1. The minimum absolute atomic E-state index is 0.0358. The van der Waals surface area contributed by atoms with E-state index in [0.717, 1.165) is 16.8 Å². The van der Waals surface area contributed by atoms with Crippen LogP contribution in [0.15, 0.2) is 47.6 Å². The Morgan fingerprint density at radius 2 is 1.84 bits per heavy atom. The Morgan fingerprint density at radius 1 is 1.08 bits per heavy atom. The summed E-state index contributed by atoms with van der Waals surface area (Å²) < 4.78 is 0. The van der Waals surface area contributed by atoms with E-state index in [4.69, 9.17) is 0 Å². The molecule has 0 saturated heterocycles. The van der Waals surface area contributed by atoms with E-state index >= 15 is 0 Å². The molecule has 0 heterocycles. The number of aromatic hydroxyl groups is 1. The number of rotatable bonds is 6. The second-order valence-electron chi connectivity index (χ2n) is 5.75. The maximum atomic E-state index is 11.9. The van der Waals surface area contributed by atoms with Crippen molar-refractivity contribution in [2.24, 2.45) is 5.10 Å². The fraction of sp³-hybridized carbons (Fsp3) is 0.211. The molecule has 130 valence electrons. The van der Waals surface area contributed by atoms with Crippen LogP contribution >= 0.6 is 0 Å². The first kappa shape index (κ1) is 18.2. The summed E-state index contributed by atoms with van der Waals surface area (Å²) >= 11 is 0. The second kappa shape index (κ2) is 8.63. The molecule has 2 rings (SSSR count). The van der Waals surface area contributed by atoms with Crippen molar-refractivity contribution in [3.8, 4) is 5.75 Å². The number of hydrogen-bond acceptors (Lipinski definition) is 4. The van der Waals surface area contributed by atoms with Crippen molar-refractivity contribution in [3.05, 3.63) is 59.2 Å². The molecule has 0 aliphatic carbocycles. The van der Waals surface area contributed by atoms with E-state index in [9.17, 15) is 14.7 Å². The van der Waals surface area contributed by atoms with Crippen molar-refractivity contribution >= 4 is 23.7 Å². The molecule has 0 fully saturated rings. The molecular weight excluding hydrogens is 318 g/mol. The van der Waals surface area contributed by atoms with Crippen LogP contribution in [0, 0.1) is 13.8 Å². The summed E-state index contributed by atoms with van der Waals surface area (Å²) in [6.07, 6.45) is 1.53. The number of hydrogen-bond donors (Lipinski definition) is 3. The third-order valence-corrected chi connectivity index (χ3v) is 3.51. The lowest BCUT2D eigenvalue weighted by Gasteiger charge is -2.08. The van der Waals surface area contributed by atoms with Gasteiger partial charge in [0, 0.05) is 18.5 Å². The monoisotopic (exact) mass is 339 g/mol. The van der Waals surface area contributed by atoms with E-state index in [0.29, 0.717) is 5.56 Å². The quantitative estimate of drug-likeness (QED) is 0.558. The van der Waals surface area contributed by atoms with Gasteiger partial charge >= 0.3 is 0 Å². The van der Waals surface area contributed by atoms with Gasteiger partial charge in [-0.1, -0.05) is 29.8 Å². The zero-order valence-corrected chi connectivity index (χ0v) is 14.2. The number of anilines is 1. The highest BCUT2D eigenvalue weighted by molar-refractivity contribution is 5.94. The molecule has 6 heteroatoms. The van der Waals surface area contributed by atoms with Gasteiger partial charge in [-0.3, -0.25) is 9.59 Å². The Labute approximate surface area is 146 Å². The van der Waals surface area contributed by atoms with Crippen LogP contribution in [0.25, 0.3) is 0 Å². The molecule has 0 unspecified atom stereocenters. The molecule has 0 bridgehead atoms. The Hall–Kier alpha value is -3.15. The smallest absolute Gasteiger partial charge is 0.240 e. The average Bonchev–Trinajstić information content (AvgIpc) is 2.56. The number of nitrogens with zero attached hydrogens (tertiary/aromatic N) is 1. The van der Waals surface area contributed by atoms with Crippen LogP contribution in [0.5, 0.6) is 5.75 Å². The zero-order chi connectivity index (χ0) is 18.2. The van der Waals surface area contributed by atoms with Crippen LogP contribution in [0.1, 0.15) is 29.5 Å². The first-order chi connectivity index (χ1) is 11.9. The molecule has 6 nitrogen and oxygen atoms in total. The highest BCUT2D eigenvalue weighted by Gasteiger charge is 2.08. The maximum absolute atomic E-state index is 11.9. The third kappa shape index (κ3) is 6.10. The summed E-state index contributed by atoms with van der Waals surface area (Å²) in [4.78, 5) is 23.6. The van der Waals surface area contributed by atoms with Crippen molar-refractivity contribution < 1.29 is 14.7 Å². The molecule has 0 atom stereocenters. The highest BCUT2D eigenvalue weighted by Crippen LogP contribution is 2.16. The molecular formula is C19H21N3O3. The van der Waals surface area contributed by atoms with E-state index in [1.165, 1.54) is 12.3 Å². The number of amides is 2. The van der Waals surface area contributed by atoms with Gasteiger partial charge in [0.1, 0.15) is 5.75 Å². The second-order valence-corrected chi connectivity index (χ2v) is 5.75. The van der Waals surface area contributed by atoms with Gasteiger partial charge in [0.25, 0.3) is 0 Å². The van der Waals surface area contributed by atoms with Crippen LogP contribution in [-0.4, -0.2) is 23.1 Å². The standard InChI is InChI=1S/C19H21N3O3/c1-13-6-7-17(14(2)10-13)21-18(24)8-9-19(25)22-20-12-15-4-3-5-16(23)11-15/h3-7,10-12,23H,8-9H2,1-2H3,(H,21,24)(H,22,25)/b20-12-. The third-order valence-electron chi connectivity index (χ3n) is 3.51. The Kier molecular flexibility index (Phi) is 6.28. The summed E-state index contributed by atoms with van der Waals surface area (Å²) in [7, 11) is 0. The summed E-state index contributed by atoms with van der Waals surface area (Å²) in [5.74, 6) is -0.454. The van der Waals surface area contributed by atoms with Crippen molar-refractivity contribution in [3.63, 3.8) is 0 Å². The van der Waals surface area contributed by atoms with E-state index in [1.807, 2.05) is 32.0 Å². The Balaban J connectivity index is 1.76. The molecule has 0 aliphatic heterocycles. The summed E-state index contributed by atoms with van der Waals surface area (Å²) in [5.41, 5.74) is 5.87. The largest absolute Gasteiger partial charge is 0.508 e. The van der Waals surface area contributed by atoms with Gasteiger partial charge in [-0.05, 0) is 43.2 Å². The molecule has 25 heavy (non-hydrogen) atoms. The summed E-state index contributed by atoms with van der Waals surface area (Å²) in [6.45, 7) is 3.91. The van der Waals surface area contributed by atoms with Crippen molar-refractivity contribution in [2.75, 3.05) is 5.32 Å². The number of nitrogens with one attached hydrogen (secondary N) is 2. The number of phenolic OH excluding ortho intramolecular Hbond substituents is 1. The van der Waals surface area contributed by atoms with Crippen molar-refractivity contribution in [1.29, 1.82) is 0 Å². The van der Waals surface area contributed by atoms with Gasteiger partial charge < -0.3 is 10.4 Å². The van der Waals surface area contributed by atoms with Crippen LogP contribution in [-0.2, 0) is 9.59 Å². The number of benzene rings is 2. The van der Waals surface area contributed by atoms with Crippen LogP contribution in [0.4, 0.5) is 5.69 Å². The van der Waals surface area contributed by atoms with Gasteiger partial charge in [-0.2, -0.15) is 5.10 Å². The van der Waals surface area contributed by atoms with Crippen LogP contribution in [0.2, 0.25) is 0 Å². The SMILES string of the molecule is Cc1ccc(NC(=O)CCC(=O)N/N=C\c2cccc(O)c2)c(C)c1. The number of hydrazone groups is 1. The summed E-state index contributed by atoms with van der Waals surface area (Å²) in [5, 5.41) is 15.9. The minimum Gasteiger partial charge on any atom is -0.508 e. The topological polar surface area (TPSA) is 90.8 Å². The first-order valence-electron chi connectivity index (χ1n) is 7.92. The fourth-order valence-electron chi connectivity index (χ4n) is 2.23. The van der Waals surface area contributed by atoms with E-state index in [1.54, 1.807) is 18.2 Å². The number of aryl methyl sites for hydroxylation is 2. The van der Waals surface area contributed by atoms with Gasteiger partial charge in [0.15, 0.2) is 0 Å². The van der Waals surface area contributed by atoms with E-state index < -0.39 is 0 Å². The number of carbonyl (C=O) groups is 2. The van der Waals surface area contributed by atoms with Crippen LogP contribution < -0.4 is 10.7 Å². The molecule has 0 aromatic heterocycles. The molecule has 0 aliphatic rings. The molecule has 3 N–H and O–H groups in total. The molecule has 2 amide bonds. The predicted octanol–water partition coefficient (Wildman–Crippen LogP) is 2.88. The van der Waals surface area contributed by atoms with Gasteiger partial charge in [0.05, 0.1) is 6.21 Å². The Bertz CT molecular complexity index is 800. The molecule has 2 aromatic carbocycles. The minimum atomic E-state index is -0.354. The lowest BCUT2D eigenvalue weighted by Crippen LogP contribution is -2.20. The van der Waals surface area contributed by atoms with Gasteiger partial charge in [-0.15, -0.1) is 0 Å².